The molecule has 0 aromatic heterocycles. The number of rotatable bonds is 8. The molecule has 0 unspecified atom stereocenters. The summed E-state index contributed by atoms with van der Waals surface area (Å²) >= 11 is 6.12. The van der Waals surface area contributed by atoms with Gasteiger partial charge in [-0.1, -0.05) is 41.9 Å². The molecule has 2 N–H and O–H groups in total. The zero-order valence-corrected chi connectivity index (χ0v) is 17.8. The molecule has 3 aromatic rings. The van der Waals surface area contributed by atoms with E-state index < -0.39 is 15.9 Å². The Bertz CT molecular complexity index is 1120. The molecule has 0 fully saturated rings. The number of carbonyl (C=O) groups excluding carboxylic acids is 1. The van der Waals surface area contributed by atoms with Crippen molar-refractivity contribution in [1.29, 1.82) is 0 Å². The number of hydrogen-bond acceptors (Lipinski definition) is 4. The summed E-state index contributed by atoms with van der Waals surface area (Å²) in [5, 5.41) is 2.79. The van der Waals surface area contributed by atoms with E-state index in [9.17, 15) is 13.2 Å². The summed E-state index contributed by atoms with van der Waals surface area (Å²) in [4.78, 5) is 12.3. The molecule has 0 radical (unpaired) electrons. The number of amides is 1. The molecular formula is C22H21ClN2O4S. The number of benzene rings is 3. The van der Waals surface area contributed by atoms with Crippen molar-refractivity contribution in [1.82, 2.24) is 5.32 Å². The van der Waals surface area contributed by atoms with Crippen molar-refractivity contribution in [3.8, 4) is 5.75 Å². The van der Waals surface area contributed by atoms with Gasteiger partial charge in [-0.2, -0.15) is 0 Å². The van der Waals surface area contributed by atoms with Gasteiger partial charge in [-0.05, 0) is 55.0 Å². The van der Waals surface area contributed by atoms with Gasteiger partial charge in [0, 0.05) is 17.8 Å². The van der Waals surface area contributed by atoms with Gasteiger partial charge in [0.1, 0.15) is 10.6 Å². The first-order valence-corrected chi connectivity index (χ1v) is 11.1. The highest BCUT2D eigenvalue weighted by Crippen LogP contribution is 2.26. The fourth-order valence-corrected chi connectivity index (χ4v) is 4.31. The van der Waals surface area contributed by atoms with Crippen molar-refractivity contribution >= 4 is 33.2 Å². The number of ether oxygens (including phenoxy) is 1. The molecule has 3 aromatic carbocycles. The van der Waals surface area contributed by atoms with E-state index in [2.05, 4.69) is 10.0 Å². The third kappa shape index (κ3) is 5.52. The zero-order chi connectivity index (χ0) is 21.6. The standard InChI is InChI=1S/C22H21ClN2O4S/c1-2-29-19-11-9-18(10-12-19)25-30(27,28)21-14-17(8-13-20(21)23)22(26)24-15-16-6-4-3-5-7-16/h3-14,25H,2,15H2,1H3,(H,24,26). The summed E-state index contributed by atoms with van der Waals surface area (Å²) < 4.78 is 33.5. The molecule has 156 valence electrons. The largest absolute Gasteiger partial charge is 0.494 e. The van der Waals surface area contributed by atoms with Gasteiger partial charge in [-0.25, -0.2) is 8.42 Å². The molecule has 0 aliphatic heterocycles. The summed E-state index contributed by atoms with van der Waals surface area (Å²) in [6.45, 7) is 2.70. The molecule has 0 heterocycles. The van der Waals surface area contributed by atoms with Gasteiger partial charge >= 0.3 is 0 Å². The first kappa shape index (κ1) is 21.7. The Kier molecular flexibility index (Phi) is 6.97. The highest BCUT2D eigenvalue weighted by Gasteiger charge is 2.20. The van der Waals surface area contributed by atoms with E-state index in [1.54, 1.807) is 24.3 Å². The average molecular weight is 445 g/mol. The number of carbonyl (C=O) groups is 1. The van der Waals surface area contributed by atoms with Crippen LogP contribution < -0.4 is 14.8 Å². The van der Waals surface area contributed by atoms with E-state index >= 15 is 0 Å². The lowest BCUT2D eigenvalue weighted by Gasteiger charge is -2.12. The van der Waals surface area contributed by atoms with Crippen LogP contribution in [0.15, 0.2) is 77.7 Å². The molecular weight excluding hydrogens is 424 g/mol. The minimum Gasteiger partial charge on any atom is -0.494 e. The molecule has 6 nitrogen and oxygen atoms in total. The van der Waals surface area contributed by atoms with Crippen molar-refractivity contribution < 1.29 is 17.9 Å². The summed E-state index contributed by atoms with van der Waals surface area (Å²) in [6, 6.07) is 20.1. The molecule has 8 heteroatoms. The fraction of sp³-hybridized carbons (Fsp3) is 0.136. The van der Waals surface area contributed by atoms with Crippen molar-refractivity contribution in [3.63, 3.8) is 0 Å². The van der Waals surface area contributed by atoms with Gasteiger partial charge in [0.15, 0.2) is 0 Å². The second-order valence-electron chi connectivity index (χ2n) is 6.38. The number of anilines is 1. The maximum atomic E-state index is 12.8. The third-order valence-electron chi connectivity index (χ3n) is 4.20. The van der Waals surface area contributed by atoms with Gasteiger partial charge in [-0.15, -0.1) is 0 Å². The van der Waals surface area contributed by atoms with Crippen LogP contribution in [-0.4, -0.2) is 20.9 Å². The lowest BCUT2D eigenvalue weighted by molar-refractivity contribution is 0.0950. The normalized spacial score (nSPS) is 11.0. The van der Waals surface area contributed by atoms with Crippen molar-refractivity contribution in [3.05, 3.63) is 88.9 Å². The first-order chi connectivity index (χ1) is 14.4. The SMILES string of the molecule is CCOc1ccc(NS(=O)(=O)c2cc(C(=O)NCc3ccccc3)ccc2Cl)cc1. The van der Waals surface area contributed by atoms with Crippen molar-refractivity contribution in [2.75, 3.05) is 11.3 Å². The Morgan fingerprint density at radius 1 is 1.00 bits per heavy atom. The number of sulfonamides is 1. The van der Waals surface area contributed by atoms with Crippen LogP contribution in [0.25, 0.3) is 0 Å². The molecule has 1 amide bonds. The molecule has 0 saturated heterocycles. The number of nitrogens with one attached hydrogen (secondary N) is 2. The molecule has 0 bridgehead atoms. The second-order valence-corrected chi connectivity index (χ2v) is 8.43. The highest BCUT2D eigenvalue weighted by atomic mass is 35.5. The number of halogens is 1. The maximum Gasteiger partial charge on any atom is 0.263 e. The van der Waals surface area contributed by atoms with E-state index in [1.807, 2.05) is 37.3 Å². The lowest BCUT2D eigenvalue weighted by atomic mass is 10.2. The maximum absolute atomic E-state index is 12.8. The lowest BCUT2D eigenvalue weighted by Crippen LogP contribution is -2.23. The van der Waals surface area contributed by atoms with E-state index in [1.165, 1.54) is 18.2 Å². The van der Waals surface area contributed by atoms with Gasteiger partial charge in [0.05, 0.1) is 11.6 Å². The number of hydrogen-bond donors (Lipinski definition) is 2. The van der Waals surface area contributed by atoms with Crippen LogP contribution in [0.1, 0.15) is 22.8 Å². The van der Waals surface area contributed by atoms with E-state index in [4.69, 9.17) is 16.3 Å². The fourth-order valence-electron chi connectivity index (χ4n) is 2.73. The van der Waals surface area contributed by atoms with Crippen LogP contribution in [0.4, 0.5) is 5.69 Å². The van der Waals surface area contributed by atoms with Gasteiger partial charge in [-0.3, -0.25) is 9.52 Å². The van der Waals surface area contributed by atoms with Crippen LogP contribution in [0.2, 0.25) is 5.02 Å². The molecule has 0 atom stereocenters. The Morgan fingerprint density at radius 2 is 1.70 bits per heavy atom. The van der Waals surface area contributed by atoms with Crippen LogP contribution in [-0.2, 0) is 16.6 Å². The smallest absolute Gasteiger partial charge is 0.263 e. The highest BCUT2D eigenvalue weighted by molar-refractivity contribution is 7.92. The predicted molar refractivity (Wildman–Crippen MR) is 117 cm³/mol. The summed E-state index contributed by atoms with van der Waals surface area (Å²) in [5.74, 6) is 0.239. The van der Waals surface area contributed by atoms with Crippen LogP contribution in [0, 0.1) is 0 Å². The average Bonchev–Trinajstić information content (AvgIpc) is 2.74. The molecule has 3 rings (SSSR count). The van der Waals surface area contributed by atoms with Crippen molar-refractivity contribution in [2.24, 2.45) is 0 Å². The van der Waals surface area contributed by atoms with Crippen LogP contribution in [0.3, 0.4) is 0 Å². The minimum absolute atomic E-state index is 0.0213. The minimum atomic E-state index is -4.00. The van der Waals surface area contributed by atoms with Gasteiger partial charge in [0.25, 0.3) is 15.9 Å². The van der Waals surface area contributed by atoms with Gasteiger partial charge < -0.3 is 10.1 Å². The monoisotopic (exact) mass is 444 g/mol. The Balaban J connectivity index is 1.76. The summed E-state index contributed by atoms with van der Waals surface area (Å²) in [7, 11) is -4.00. The van der Waals surface area contributed by atoms with E-state index in [0.717, 1.165) is 5.56 Å². The first-order valence-electron chi connectivity index (χ1n) is 9.26. The molecule has 0 aliphatic carbocycles. The second kappa shape index (κ2) is 9.65. The Hall–Kier alpha value is -3.03. The topological polar surface area (TPSA) is 84.5 Å². The molecule has 0 saturated carbocycles. The Morgan fingerprint density at radius 3 is 2.37 bits per heavy atom. The summed E-state index contributed by atoms with van der Waals surface area (Å²) in [6.07, 6.45) is 0. The third-order valence-corrected chi connectivity index (χ3v) is 6.06. The van der Waals surface area contributed by atoms with E-state index in [-0.39, 0.29) is 15.5 Å². The van der Waals surface area contributed by atoms with Crippen molar-refractivity contribution in [2.45, 2.75) is 18.4 Å². The molecule has 0 spiro atoms. The zero-order valence-electron chi connectivity index (χ0n) is 16.3. The van der Waals surface area contributed by atoms with E-state index in [0.29, 0.717) is 24.6 Å². The quantitative estimate of drug-likeness (QED) is 0.536. The van der Waals surface area contributed by atoms with Gasteiger partial charge in [0.2, 0.25) is 0 Å². The summed E-state index contributed by atoms with van der Waals surface area (Å²) in [5.41, 5.74) is 1.49. The predicted octanol–water partition coefficient (Wildman–Crippen LogP) is 4.47. The Labute approximate surface area is 180 Å². The van der Waals surface area contributed by atoms with Crippen LogP contribution in [0.5, 0.6) is 5.75 Å². The molecule has 30 heavy (non-hydrogen) atoms. The van der Waals surface area contributed by atoms with Crippen LogP contribution >= 0.6 is 11.6 Å². The molecule has 0 aliphatic rings.